The van der Waals surface area contributed by atoms with Gasteiger partial charge in [0, 0.05) is 12.8 Å². The third-order valence-corrected chi connectivity index (χ3v) is 21.6. The van der Waals surface area contributed by atoms with Gasteiger partial charge in [-0.3, -0.25) is 18.6 Å². The topological polar surface area (TPSA) is 108 Å². The second kappa shape index (κ2) is 81.3. The molecule has 0 rings (SSSR count). The maximum Gasteiger partial charge on any atom is 0.472 e. The zero-order valence-electron chi connectivity index (χ0n) is 68.0. The van der Waals surface area contributed by atoms with E-state index < -0.39 is 26.5 Å². The van der Waals surface area contributed by atoms with Gasteiger partial charge in [-0.1, -0.05) is 429 Å². The van der Waals surface area contributed by atoms with E-state index in [0.717, 1.165) is 44.9 Å². The molecule has 0 aromatic carbocycles. The largest absolute Gasteiger partial charge is 0.472 e. The first-order chi connectivity index (χ1) is 49.0. The summed E-state index contributed by atoms with van der Waals surface area (Å²) in [6.45, 7) is 4.52. The quantitative estimate of drug-likeness (QED) is 0.0211. The lowest BCUT2D eigenvalue weighted by molar-refractivity contribution is -0.870. The van der Waals surface area contributed by atoms with Crippen LogP contribution in [0, 0.1) is 0 Å². The van der Waals surface area contributed by atoms with Gasteiger partial charge in [0.05, 0.1) is 27.7 Å². The zero-order chi connectivity index (χ0) is 72.5. The maximum absolute atomic E-state index is 12.9. The smallest absolute Gasteiger partial charge is 0.462 e. The molecule has 0 saturated carbocycles. The molecule has 0 aromatic rings. The molecule has 0 aliphatic heterocycles. The van der Waals surface area contributed by atoms with E-state index in [1.807, 2.05) is 21.1 Å². The zero-order valence-corrected chi connectivity index (χ0v) is 68.9. The predicted octanol–water partition coefficient (Wildman–Crippen LogP) is 30.1. The third kappa shape index (κ3) is 85.2. The average molecular weight is 1430 g/mol. The van der Waals surface area contributed by atoms with Gasteiger partial charge in [-0.25, -0.2) is 4.57 Å². The molecule has 0 aromatic heterocycles. The van der Waals surface area contributed by atoms with Crippen LogP contribution in [0.4, 0.5) is 0 Å². The second-order valence-corrected chi connectivity index (χ2v) is 33.4. The molecule has 2 atom stereocenters. The van der Waals surface area contributed by atoms with E-state index in [1.165, 1.54) is 405 Å². The normalized spacial score (nSPS) is 13.1. The molecule has 0 fully saturated rings. The number of likely N-dealkylation sites (N-methyl/N-ethyl adjacent to an activating group) is 1. The Morgan fingerprint density at radius 1 is 0.310 bits per heavy atom. The van der Waals surface area contributed by atoms with Crippen molar-refractivity contribution in [2.45, 2.75) is 482 Å². The van der Waals surface area contributed by atoms with Gasteiger partial charge in [0.1, 0.15) is 19.8 Å². The molecular weight excluding hydrogens is 1250 g/mol. The van der Waals surface area contributed by atoms with Crippen LogP contribution >= 0.6 is 7.82 Å². The van der Waals surface area contributed by atoms with Crippen LogP contribution in [-0.2, 0) is 32.7 Å². The highest BCUT2D eigenvalue weighted by atomic mass is 31.2. The van der Waals surface area contributed by atoms with Crippen LogP contribution < -0.4 is 0 Å². The summed E-state index contributed by atoms with van der Waals surface area (Å²) in [7, 11) is 1.51. The molecule has 592 valence electrons. The van der Waals surface area contributed by atoms with E-state index in [-0.39, 0.29) is 25.6 Å². The molecule has 0 aliphatic carbocycles. The Morgan fingerprint density at radius 3 is 0.800 bits per heavy atom. The molecule has 9 nitrogen and oxygen atoms in total. The Hall–Kier alpha value is -1.77. The summed E-state index contributed by atoms with van der Waals surface area (Å²) in [6.07, 6.45) is 108. The fraction of sp³-hybridized carbons (Fsp3) is 0.911. The van der Waals surface area contributed by atoms with E-state index in [0.29, 0.717) is 17.4 Å². The number of allylic oxidation sites excluding steroid dienone is 6. The standard InChI is InChI=1S/C90H174NO8P/c1-6-8-10-12-14-16-18-20-22-24-26-28-30-32-34-36-38-40-42-44-45-47-48-50-52-54-56-58-60-62-64-66-68-70-72-74-76-78-80-82-89(92)96-86-88(87-98-100(94,95)97-85-84-91(3,4)5)99-90(93)83-81-79-77-75-73-71-69-67-65-63-61-59-57-55-53-51-49-46-43-41-39-37-35-33-31-29-27-25-23-21-19-17-15-13-11-9-7-2/h19,21,24-27,88H,6-18,20,22-23,28-87H2,1-5H3/p+1/b21-19-,26-24-,27-25-. The molecule has 0 spiro atoms. The van der Waals surface area contributed by atoms with Gasteiger partial charge in [-0.2, -0.15) is 0 Å². The number of nitrogens with zero attached hydrogens (tertiary/aromatic N) is 1. The van der Waals surface area contributed by atoms with Crippen LogP contribution in [0.15, 0.2) is 36.5 Å². The summed E-state index contributed by atoms with van der Waals surface area (Å²) in [6, 6.07) is 0. The maximum atomic E-state index is 12.9. The minimum atomic E-state index is -4.39. The summed E-state index contributed by atoms with van der Waals surface area (Å²) < 4.78 is 34.9. The third-order valence-electron chi connectivity index (χ3n) is 20.6. The van der Waals surface area contributed by atoms with Gasteiger partial charge < -0.3 is 18.9 Å². The fourth-order valence-corrected chi connectivity index (χ4v) is 14.6. The molecule has 0 saturated heterocycles. The predicted molar refractivity (Wildman–Crippen MR) is 437 cm³/mol. The number of esters is 2. The van der Waals surface area contributed by atoms with Crippen molar-refractivity contribution in [2.24, 2.45) is 0 Å². The number of quaternary nitrogens is 1. The Bertz CT molecular complexity index is 1780. The van der Waals surface area contributed by atoms with Crippen LogP contribution in [0.2, 0.25) is 0 Å². The first-order valence-corrected chi connectivity index (χ1v) is 46.2. The van der Waals surface area contributed by atoms with E-state index in [9.17, 15) is 19.0 Å². The Labute approximate surface area is 624 Å². The minimum absolute atomic E-state index is 0.0360. The second-order valence-electron chi connectivity index (χ2n) is 32.0. The van der Waals surface area contributed by atoms with Gasteiger partial charge >= 0.3 is 19.8 Å². The van der Waals surface area contributed by atoms with Crippen LogP contribution in [0.3, 0.4) is 0 Å². The molecule has 2 unspecified atom stereocenters. The van der Waals surface area contributed by atoms with Gasteiger partial charge in [0.25, 0.3) is 0 Å². The number of hydrogen-bond donors (Lipinski definition) is 1. The lowest BCUT2D eigenvalue weighted by Gasteiger charge is -2.24. The number of hydrogen-bond acceptors (Lipinski definition) is 7. The summed E-state index contributed by atoms with van der Waals surface area (Å²) in [5.41, 5.74) is 0. The van der Waals surface area contributed by atoms with Crippen LogP contribution in [0.5, 0.6) is 0 Å². The van der Waals surface area contributed by atoms with Crippen molar-refractivity contribution in [3.63, 3.8) is 0 Å². The Balaban J connectivity index is 3.84. The van der Waals surface area contributed by atoms with Gasteiger partial charge in [0.2, 0.25) is 0 Å². The minimum Gasteiger partial charge on any atom is -0.462 e. The molecule has 0 bridgehead atoms. The number of rotatable bonds is 85. The fourth-order valence-electron chi connectivity index (χ4n) is 13.8. The lowest BCUT2D eigenvalue weighted by atomic mass is 10.0. The SMILES string of the molecule is CCCCCCC/C=C\C/C=C\CCCCCCCCCCCCCCCCCCCCCCCCCCCC(=O)OC(COC(=O)CCCCCCCCCCCCCCCCCCCCCCCCCCCCC/C=C\CCCCCCCCCC)COP(=O)(O)OCC[N+](C)(C)C. The molecule has 0 aliphatic rings. The van der Waals surface area contributed by atoms with Crippen molar-refractivity contribution in [1.29, 1.82) is 0 Å². The van der Waals surface area contributed by atoms with Crippen molar-refractivity contribution in [3.8, 4) is 0 Å². The van der Waals surface area contributed by atoms with Gasteiger partial charge in [0.15, 0.2) is 6.10 Å². The lowest BCUT2D eigenvalue weighted by Crippen LogP contribution is -2.37. The summed E-state index contributed by atoms with van der Waals surface area (Å²) >= 11 is 0. The summed E-state index contributed by atoms with van der Waals surface area (Å²) in [4.78, 5) is 36.1. The first kappa shape index (κ1) is 98.2. The van der Waals surface area contributed by atoms with Crippen molar-refractivity contribution in [3.05, 3.63) is 36.5 Å². The van der Waals surface area contributed by atoms with Crippen molar-refractivity contribution < 1.29 is 42.1 Å². The number of carbonyl (C=O) groups is 2. The van der Waals surface area contributed by atoms with E-state index in [1.54, 1.807) is 0 Å². The average Bonchev–Trinajstić information content (AvgIpc) is 1.02. The Morgan fingerprint density at radius 2 is 0.540 bits per heavy atom. The van der Waals surface area contributed by atoms with Crippen molar-refractivity contribution in [2.75, 3.05) is 47.5 Å². The number of phosphoric acid groups is 1. The highest BCUT2D eigenvalue weighted by molar-refractivity contribution is 7.47. The molecular formula is C90H175NO8P+. The number of phosphoric ester groups is 1. The highest BCUT2D eigenvalue weighted by Gasteiger charge is 2.27. The summed E-state index contributed by atoms with van der Waals surface area (Å²) in [5, 5.41) is 0. The Kier molecular flexibility index (Phi) is 79.9. The van der Waals surface area contributed by atoms with Crippen LogP contribution in [0.25, 0.3) is 0 Å². The number of unbranched alkanes of at least 4 members (excludes halogenated alkanes) is 65. The van der Waals surface area contributed by atoms with E-state index >= 15 is 0 Å². The number of carbonyl (C=O) groups excluding carboxylic acids is 2. The van der Waals surface area contributed by atoms with Crippen LogP contribution in [0.1, 0.15) is 476 Å². The highest BCUT2D eigenvalue weighted by Crippen LogP contribution is 2.43. The van der Waals surface area contributed by atoms with Crippen molar-refractivity contribution in [1.82, 2.24) is 0 Å². The molecule has 10 heteroatoms. The monoisotopic (exact) mass is 1430 g/mol. The van der Waals surface area contributed by atoms with E-state index in [2.05, 4.69) is 50.3 Å². The van der Waals surface area contributed by atoms with Gasteiger partial charge in [-0.15, -0.1) is 0 Å². The van der Waals surface area contributed by atoms with Crippen molar-refractivity contribution >= 4 is 19.8 Å². The van der Waals surface area contributed by atoms with Gasteiger partial charge in [-0.05, 0) is 70.6 Å². The summed E-state index contributed by atoms with van der Waals surface area (Å²) in [5.74, 6) is -0.767. The van der Waals surface area contributed by atoms with Crippen LogP contribution in [-0.4, -0.2) is 74.9 Å². The molecule has 0 heterocycles. The molecule has 0 radical (unpaired) electrons. The molecule has 0 amide bonds. The van der Waals surface area contributed by atoms with E-state index in [4.69, 9.17) is 18.5 Å². The molecule has 1 N–H and O–H groups in total. The molecule has 100 heavy (non-hydrogen) atoms. The number of ether oxygens (including phenoxy) is 2. The first-order valence-electron chi connectivity index (χ1n) is 44.7.